The zero-order valence-corrected chi connectivity index (χ0v) is 14.3. The molecule has 0 heterocycles. The number of carbonyl (C=O) groups is 3. The molecule has 0 saturated heterocycles. The number of aryl methyl sites for hydroxylation is 1. The molecule has 3 amide bonds. The van der Waals surface area contributed by atoms with Gasteiger partial charge in [-0.3, -0.25) is 14.4 Å². The fourth-order valence-corrected chi connectivity index (χ4v) is 1.93. The lowest BCUT2D eigenvalue weighted by Gasteiger charge is -2.10. The smallest absolute Gasteiger partial charge is 0.243 e. The number of nitrogens with one attached hydrogen (secondary N) is 3. The summed E-state index contributed by atoms with van der Waals surface area (Å²) in [6.45, 7) is 1.30. The van der Waals surface area contributed by atoms with Crippen LogP contribution in [0, 0.1) is 6.92 Å². The van der Waals surface area contributed by atoms with E-state index in [-0.39, 0.29) is 37.9 Å². The summed E-state index contributed by atoms with van der Waals surface area (Å²) in [5, 5.41) is 7.39. The number of hydrogen-bond acceptors (Lipinski definition) is 4. The molecule has 9 heteroatoms. The maximum Gasteiger partial charge on any atom is 0.243 e. The summed E-state index contributed by atoms with van der Waals surface area (Å²) in [6, 6.07) is 5.45. The van der Waals surface area contributed by atoms with E-state index in [9.17, 15) is 14.4 Å². The lowest BCUT2D eigenvalue weighted by Crippen LogP contribution is -2.41. The number of halogens is 2. The Morgan fingerprint density at radius 1 is 1.09 bits per heavy atom. The van der Waals surface area contributed by atoms with Gasteiger partial charge in [-0.15, -0.1) is 12.4 Å². The molecular weight excluding hydrogens is 376 g/mol. The van der Waals surface area contributed by atoms with Crippen LogP contribution in [-0.2, 0) is 14.4 Å². The van der Waals surface area contributed by atoms with Crippen LogP contribution in [0.5, 0.6) is 0 Å². The molecule has 0 atom stereocenters. The summed E-state index contributed by atoms with van der Waals surface area (Å²) < 4.78 is 0.918. The van der Waals surface area contributed by atoms with Crippen molar-refractivity contribution < 1.29 is 14.4 Å². The Bertz CT molecular complexity index is 554. The molecule has 0 bridgehead atoms. The highest BCUT2D eigenvalue weighted by atomic mass is 79.9. The summed E-state index contributed by atoms with van der Waals surface area (Å²) >= 11 is 3.33. The van der Waals surface area contributed by atoms with Gasteiger partial charge in [-0.1, -0.05) is 15.9 Å². The molecule has 0 spiro atoms. The second-order valence-electron chi connectivity index (χ2n) is 4.27. The molecule has 0 aliphatic rings. The van der Waals surface area contributed by atoms with E-state index in [1.165, 1.54) is 0 Å². The van der Waals surface area contributed by atoms with E-state index in [2.05, 4.69) is 31.9 Å². The first-order chi connectivity index (χ1) is 9.92. The van der Waals surface area contributed by atoms with Crippen LogP contribution in [0.3, 0.4) is 0 Å². The predicted octanol–water partition coefficient (Wildman–Crippen LogP) is 0.309. The van der Waals surface area contributed by atoms with E-state index in [4.69, 9.17) is 5.73 Å². The third-order valence-corrected chi connectivity index (χ3v) is 3.03. The van der Waals surface area contributed by atoms with E-state index in [1.807, 2.05) is 19.1 Å². The molecular formula is C13H18BrClN4O3. The minimum atomic E-state index is -0.459. The lowest BCUT2D eigenvalue weighted by atomic mass is 10.2. The highest BCUT2D eigenvalue weighted by Gasteiger charge is 2.08. The van der Waals surface area contributed by atoms with Crippen molar-refractivity contribution in [3.8, 4) is 0 Å². The topological polar surface area (TPSA) is 113 Å². The summed E-state index contributed by atoms with van der Waals surface area (Å²) in [6.07, 6.45) is 0. The molecule has 1 aromatic carbocycles. The molecule has 22 heavy (non-hydrogen) atoms. The minimum absolute atomic E-state index is 0. The van der Waals surface area contributed by atoms with Crippen molar-refractivity contribution in [1.82, 2.24) is 10.6 Å². The summed E-state index contributed by atoms with van der Waals surface area (Å²) in [4.78, 5) is 33.9. The minimum Gasteiger partial charge on any atom is -0.346 e. The normalized spacial score (nSPS) is 9.41. The quantitative estimate of drug-likeness (QED) is 0.557. The van der Waals surface area contributed by atoms with Crippen LogP contribution in [0.2, 0.25) is 0 Å². The van der Waals surface area contributed by atoms with E-state index in [0.717, 1.165) is 10.0 Å². The van der Waals surface area contributed by atoms with Crippen molar-refractivity contribution in [3.05, 3.63) is 28.2 Å². The first-order valence-electron chi connectivity index (χ1n) is 6.22. The van der Waals surface area contributed by atoms with Gasteiger partial charge < -0.3 is 21.7 Å². The third-order valence-electron chi connectivity index (χ3n) is 2.54. The van der Waals surface area contributed by atoms with Gasteiger partial charge in [0.25, 0.3) is 0 Å². The van der Waals surface area contributed by atoms with Gasteiger partial charge >= 0.3 is 0 Å². The molecule has 0 unspecified atom stereocenters. The summed E-state index contributed by atoms with van der Waals surface area (Å²) in [7, 11) is 0. The highest BCUT2D eigenvalue weighted by Crippen LogP contribution is 2.19. The van der Waals surface area contributed by atoms with Crippen LogP contribution >= 0.6 is 28.3 Å². The number of anilines is 1. The Morgan fingerprint density at radius 3 is 2.27 bits per heavy atom. The molecule has 0 aliphatic heterocycles. The molecule has 0 fully saturated rings. The largest absolute Gasteiger partial charge is 0.346 e. The van der Waals surface area contributed by atoms with Crippen molar-refractivity contribution in [2.75, 3.05) is 25.0 Å². The maximum atomic E-state index is 11.7. The van der Waals surface area contributed by atoms with Crippen molar-refractivity contribution in [3.63, 3.8) is 0 Å². The van der Waals surface area contributed by atoms with Gasteiger partial charge in [-0.25, -0.2) is 0 Å². The van der Waals surface area contributed by atoms with Crippen LogP contribution in [-0.4, -0.2) is 37.4 Å². The zero-order valence-electron chi connectivity index (χ0n) is 11.9. The Labute approximate surface area is 142 Å². The third kappa shape index (κ3) is 7.39. The van der Waals surface area contributed by atoms with Crippen LogP contribution in [0.15, 0.2) is 22.7 Å². The molecule has 0 saturated carbocycles. The molecule has 0 aliphatic carbocycles. The van der Waals surface area contributed by atoms with Crippen LogP contribution < -0.4 is 21.7 Å². The van der Waals surface area contributed by atoms with Crippen LogP contribution in [0.1, 0.15) is 5.56 Å². The fraction of sp³-hybridized carbons (Fsp3) is 0.308. The number of rotatable bonds is 6. The molecule has 0 aromatic heterocycles. The Hall–Kier alpha value is -1.64. The predicted molar refractivity (Wildman–Crippen MR) is 89.8 cm³/mol. The molecule has 0 radical (unpaired) electrons. The molecule has 122 valence electrons. The second kappa shape index (κ2) is 10.1. The number of carbonyl (C=O) groups excluding carboxylic acids is 3. The fourth-order valence-electron chi connectivity index (χ4n) is 1.45. The van der Waals surface area contributed by atoms with Gasteiger partial charge in [-0.2, -0.15) is 0 Å². The second-order valence-corrected chi connectivity index (χ2v) is 5.18. The van der Waals surface area contributed by atoms with Crippen molar-refractivity contribution in [1.29, 1.82) is 0 Å². The average Bonchev–Trinajstić information content (AvgIpc) is 2.45. The SMILES string of the molecule is Cc1cc(Br)ccc1NC(=O)CNC(=O)CNC(=O)CN.Cl. The van der Waals surface area contributed by atoms with Gasteiger partial charge in [0, 0.05) is 10.2 Å². The monoisotopic (exact) mass is 392 g/mol. The van der Waals surface area contributed by atoms with E-state index >= 15 is 0 Å². The Balaban J connectivity index is 0.00000441. The maximum absolute atomic E-state index is 11.7. The molecule has 1 aromatic rings. The van der Waals surface area contributed by atoms with Gasteiger partial charge in [0.05, 0.1) is 19.6 Å². The van der Waals surface area contributed by atoms with E-state index in [1.54, 1.807) is 6.07 Å². The Morgan fingerprint density at radius 2 is 1.68 bits per heavy atom. The Kier molecular flexibility index (Phi) is 9.39. The van der Waals surface area contributed by atoms with Crippen molar-refractivity contribution in [2.24, 2.45) is 5.73 Å². The molecule has 7 nitrogen and oxygen atoms in total. The highest BCUT2D eigenvalue weighted by molar-refractivity contribution is 9.10. The summed E-state index contributed by atoms with van der Waals surface area (Å²) in [5.74, 6) is -1.24. The number of benzene rings is 1. The zero-order chi connectivity index (χ0) is 15.8. The summed E-state index contributed by atoms with van der Waals surface area (Å²) in [5.41, 5.74) is 6.66. The molecule has 1 rings (SSSR count). The van der Waals surface area contributed by atoms with Gasteiger partial charge in [0.1, 0.15) is 0 Å². The number of amides is 3. The van der Waals surface area contributed by atoms with Crippen molar-refractivity contribution >= 4 is 51.7 Å². The van der Waals surface area contributed by atoms with Crippen LogP contribution in [0.4, 0.5) is 5.69 Å². The van der Waals surface area contributed by atoms with E-state index < -0.39 is 11.8 Å². The lowest BCUT2D eigenvalue weighted by molar-refractivity contribution is -0.126. The first-order valence-corrected chi connectivity index (χ1v) is 7.01. The van der Waals surface area contributed by atoms with Gasteiger partial charge in [0.2, 0.25) is 17.7 Å². The van der Waals surface area contributed by atoms with E-state index in [0.29, 0.717) is 5.69 Å². The van der Waals surface area contributed by atoms with Crippen LogP contribution in [0.25, 0.3) is 0 Å². The van der Waals surface area contributed by atoms with Gasteiger partial charge in [0.15, 0.2) is 0 Å². The number of hydrogen-bond donors (Lipinski definition) is 4. The molecule has 5 N–H and O–H groups in total. The average molecular weight is 394 g/mol. The van der Waals surface area contributed by atoms with Gasteiger partial charge in [-0.05, 0) is 30.7 Å². The first kappa shape index (κ1) is 20.4. The number of nitrogens with two attached hydrogens (primary N) is 1. The standard InChI is InChI=1S/C13H17BrN4O3.ClH/c1-8-4-9(14)2-3-10(8)18-13(21)7-17-12(20)6-16-11(19)5-15;/h2-4H,5-7,15H2,1H3,(H,16,19)(H,17,20)(H,18,21);1H. The van der Waals surface area contributed by atoms with Crippen molar-refractivity contribution in [2.45, 2.75) is 6.92 Å².